The Morgan fingerprint density at radius 3 is 2.72 bits per heavy atom. The van der Waals surface area contributed by atoms with Gasteiger partial charge in [-0.15, -0.1) is 11.3 Å². The number of carbonyl (C=O) groups is 1. The van der Waals surface area contributed by atoms with Crippen molar-refractivity contribution in [3.05, 3.63) is 53.5 Å². The van der Waals surface area contributed by atoms with Gasteiger partial charge in [-0.2, -0.15) is 0 Å². The predicted molar refractivity (Wildman–Crippen MR) is 97.2 cm³/mol. The Hall–Kier alpha value is -2.60. The highest BCUT2D eigenvalue weighted by atomic mass is 32.1. The number of likely N-dealkylation sites (N-methyl/N-ethyl adjacent to an activating group) is 1. The van der Waals surface area contributed by atoms with Crippen molar-refractivity contribution in [1.29, 1.82) is 0 Å². The second-order valence-electron chi connectivity index (χ2n) is 6.01. The quantitative estimate of drug-likeness (QED) is 0.720. The summed E-state index contributed by atoms with van der Waals surface area (Å²) < 4.78 is 12.6. The van der Waals surface area contributed by atoms with Gasteiger partial charge in [-0.25, -0.2) is 4.98 Å². The van der Waals surface area contributed by atoms with Crippen LogP contribution in [0.2, 0.25) is 0 Å². The molecule has 0 saturated heterocycles. The van der Waals surface area contributed by atoms with Gasteiger partial charge >= 0.3 is 0 Å². The average molecular weight is 354 g/mol. The third kappa shape index (κ3) is 2.93. The number of hydrogen-bond acceptors (Lipinski definition) is 5. The van der Waals surface area contributed by atoms with Crippen LogP contribution in [0.5, 0.6) is 11.5 Å². The van der Waals surface area contributed by atoms with E-state index in [1.54, 1.807) is 23.3 Å². The summed E-state index contributed by atoms with van der Waals surface area (Å²) in [7, 11) is 1.78. The highest BCUT2D eigenvalue weighted by Crippen LogP contribution is 2.33. The third-order valence-corrected chi connectivity index (χ3v) is 5.59. The van der Waals surface area contributed by atoms with Crippen LogP contribution < -0.4 is 9.47 Å². The summed E-state index contributed by atoms with van der Waals surface area (Å²) in [6.07, 6.45) is -0.642. The van der Waals surface area contributed by atoms with Crippen LogP contribution in [-0.4, -0.2) is 35.5 Å². The first kappa shape index (κ1) is 15.9. The molecule has 25 heavy (non-hydrogen) atoms. The lowest BCUT2D eigenvalue weighted by atomic mass is 10.2. The zero-order valence-electron chi connectivity index (χ0n) is 14.0. The minimum atomic E-state index is -0.642. The standard InChI is InChI=1S/C19H18N2O3S/c1-12(18-20-13-7-3-6-10-17(13)25-18)21(2)19(22)16-11-23-14-8-4-5-9-15(14)24-16/h3-10,12,16H,11H2,1-2H3. The van der Waals surface area contributed by atoms with Crippen LogP contribution in [0.3, 0.4) is 0 Å². The average Bonchev–Trinajstić information content (AvgIpc) is 3.10. The van der Waals surface area contributed by atoms with Gasteiger partial charge in [0.2, 0.25) is 6.10 Å². The van der Waals surface area contributed by atoms with Crippen molar-refractivity contribution >= 4 is 27.5 Å². The molecule has 0 saturated carbocycles. The first-order valence-corrected chi connectivity index (χ1v) is 8.96. The molecule has 2 heterocycles. The second kappa shape index (κ2) is 6.37. The molecule has 6 heteroatoms. The number of amides is 1. The van der Waals surface area contributed by atoms with E-state index in [0.717, 1.165) is 15.2 Å². The van der Waals surface area contributed by atoms with Crippen molar-refractivity contribution in [1.82, 2.24) is 9.88 Å². The summed E-state index contributed by atoms with van der Waals surface area (Å²) in [5.74, 6) is 1.17. The summed E-state index contributed by atoms with van der Waals surface area (Å²) in [6, 6.07) is 15.2. The van der Waals surface area contributed by atoms with E-state index < -0.39 is 6.10 Å². The van der Waals surface area contributed by atoms with E-state index >= 15 is 0 Å². The normalized spacial score (nSPS) is 17.3. The Bertz CT molecular complexity index is 891. The molecule has 2 atom stereocenters. The van der Waals surface area contributed by atoms with Crippen LogP contribution >= 0.6 is 11.3 Å². The minimum absolute atomic E-state index is 0.110. The van der Waals surface area contributed by atoms with Crippen molar-refractivity contribution in [2.45, 2.75) is 19.1 Å². The lowest BCUT2D eigenvalue weighted by Gasteiger charge is -2.31. The van der Waals surface area contributed by atoms with E-state index in [-0.39, 0.29) is 18.6 Å². The van der Waals surface area contributed by atoms with Crippen LogP contribution in [0.4, 0.5) is 0 Å². The third-order valence-electron chi connectivity index (χ3n) is 4.38. The molecule has 1 aromatic heterocycles. The summed E-state index contributed by atoms with van der Waals surface area (Å²) in [5, 5.41) is 0.911. The van der Waals surface area contributed by atoms with Gasteiger partial charge in [-0.3, -0.25) is 4.79 Å². The fourth-order valence-electron chi connectivity index (χ4n) is 2.79. The molecule has 0 N–H and O–H groups in total. The molecule has 1 aliphatic rings. The maximum atomic E-state index is 12.8. The number of ether oxygens (including phenoxy) is 2. The Balaban J connectivity index is 1.52. The fraction of sp³-hybridized carbons (Fsp3) is 0.263. The van der Waals surface area contributed by atoms with E-state index in [1.165, 1.54) is 0 Å². The van der Waals surface area contributed by atoms with Crippen LogP contribution in [0.25, 0.3) is 10.2 Å². The highest BCUT2D eigenvalue weighted by molar-refractivity contribution is 7.18. The summed E-state index contributed by atoms with van der Waals surface area (Å²) in [4.78, 5) is 19.2. The van der Waals surface area contributed by atoms with Gasteiger partial charge in [0.15, 0.2) is 11.5 Å². The lowest BCUT2D eigenvalue weighted by Crippen LogP contribution is -2.45. The first-order valence-electron chi connectivity index (χ1n) is 8.14. The molecule has 128 valence electrons. The van der Waals surface area contributed by atoms with Gasteiger partial charge in [0, 0.05) is 7.05 Å². The molecular weight excluding hydrogens is 336 g/mol. The van der Waals surface area contributed by atoms with E-state index in [1.807, 2.05) is 55.5 Å². The fourth-order valence-corrected chi connectivity index (χ4v) is 3.86. The number of benzene rings is 2. The van der Waals surface area contributed by atoms with Gasteiger partial charge in [0.1, 0.15) is 11.6 Å². The number of aromatic nitrogens is 1. The van der Waals surface area contributed by atoms with Gasteiger partial charge < -0.3 is 14.4 Å². The Labute approximate surface area is 149 Å². The second-order valence-corrected chi connectivity index (χ2v) is 7.07. The monoisotopic (exact) mass is 354 g/mol. The lowest BCUT2D eigenvalue weighted by molar-refractivity contribution is -0.141. The van der Waals surface area contributed by atoms with E-state index in [9.17, 15) is 4.79 Å². The molecule has 0 radical (unpaired) electrons. The van der Waals surface area contributed by atoms with E-state index in [2.05, 4.69) is 4.98 Å². The smallest absolute Gasteiger partial charge is 0.267 e. The predicted octanol–water partition coefficient (Wildman–Crippen LogP) is 3.66. The highest BCUT2D eigenvalue weighted by Gasteiger charge is 2.32. The number of para-hydroxylation sites is 3. The number of carbonyl (C=O) groups excluding carboxylic acids is 1. The minimum Gasteiger partial charge on any atom is -0.485 e. The Morgan fingerprint density at radius 1 is 1.20 bits per heavy atom. The molecule has 0 spiro atoms. The summed E-state index contributed by atoms with van der Waals surface area (Å²) in [6.45, 7) is 2.19. The van der Waals surface area contributed by atoms with Gasteiger partial charge in [-0.05, 0) is 31.2 Å². The molecule has 0 aliphatic carbocycles. The largest absolute Gasteiger partial charge is 0.485 e. The molecule has 1 amide bonds. The number of hydrogen-bond donors (Lipinski definition) is 0. The number of rotatable bonds is 3. The van der Waals surface area contributed by atoms with Crippen molar-refractivity contribution in [2.75, 3.05) is 13.7 Å². The Morgan fingerprint density at radius 2 is 1.92 bits per heavy atom. The topological polar surface area (TPSA) is 51.7 Å². The van der Waals surface area contributed by atoms with Crippen molar-refractivity contribution < 1.29 is 14.3 Å². The van der Waals surface area contributed by atoms with E-state index in [0.29, 0.717) is 11.5 Å². The zero-order valence-corrected chi connectivity index (χ0v) is 14.8. The van der Waals surface area contributed by atoms with Crippen molar-refractivity contribution in [3.63, 3.8) is 0 Å². The molecule has 0 fully saturated rings. The first-order chi connectivity index (χ1) is 12.1. The maximum absolute atomic E-state index is 12.8. The van der Waals surface area contributed by atoms with Crippen LogP contribution in [0.15, 0.2) is 48.5 Å². The van der Waals surface area contributed by atoms with Crippen molar-refractivity contribution in [3.8, 4) is 11.5 Å². The molecule has 2 aromatic carbocycles. The molecular formula is C19H18N2O3S. The van der Waals surface area contributed by atoms with Gasteiger partial charge in [0.25, 0.3) is 5.91 Å². The zero-order chi connectivity index (χ0) is 17.4. The molecule has 5 nitrogen and oxygen atoms in total. The van der Waals surface area contributed by atoms with E-state index in [4.69, 9.17) is 9.47 Å². The van der Waals surface area contributed by atoms with Crippen LogP contribution in [-0.2, 0) is 4.79 Å². The SMILES string of the molecule is CC(c1nc2ccccc2s1)N(C)C(=O)C1COc2ccccc2O1. The van der Waals surface area contributed by atoms with Crippen LogP contribution in [0, 0.1) is 0 Å². The maximum Gasteiger partial charge on any atom is 0.267 e. The van der Waals surface area contributed by atoms with Gasteiger partial charge in [-0.1, -0.05) is 24.3 Å². The van der Waals surface area contributed by atoms with Crippen LogP contribution in [0.1, 0.15) is 18.0 Å². The molecule has 3 aromatic rings. The summed E-state index contributed by atoms with van der Waals surface area (Å²) in [5.41, 5.74) is 0.960. The summed E-state index contributed by atoms with van der Waals surface area (Å²) >= 11 is 1.61. The van der Waals surface area contributed by atoms with Gasteiger partial charge in [0.05, 0.1) is 16.3 Å². The molecule has 0 bridgehead atoms. The number of nitrogens with zero attached hydrogens (tertiary/aromatic N) is 2. The molecule has 2 unspecified atom stereocenters. The number of thiazole rings is 1. The molecule has 1 aliphatic heterocycles. The number of fused-ring (bicyclic) bond motifs is 2. The Kier molecular flexibility index (Phi) is 4.05. The van der Waals surface area contributed by atoms with Crippen molar-refractivity contribution in [2.24, 2.45) is 0 Å². The molecule has 4 rings (SSSR count).